The first-order valence-corrected chi connectivity index (χ1v) is 11.0. The van der Waals surface area contributed by atoms with E-state index in [0.717, 1.165) is 18.5 Å². The molecule has 3 aromatic rings. The first kappa shape index (κ1) is 22.6. The Balaban J connectivity index is 2.02. The molecule has 2 amide bonds. The van der Waals surface area contributed by atoms with Crippen LogP contribution in [-0.4, -0.2) is 43.5 Å². The molecule has 1 heterocycles. The predicted molar refractivity (Wildman–Crippen MR) is 116 cm³/mol. The monoisotopic (exact) mass is 458 g/mol. The van der Waals surface area contributed by atoms with Crippen LogP contribution in [0.15, 0.2) is 53.6 Å². The largest absolute Gasteiger partial charge is 0.365 e. The molecule has 1 aromatic heterocycles. The topological polar surface area (TPSA) is 156 Å². The van der Waals surface area contributed by atoms with Crippen molar-refractivity contribution in [3.05, 3.63) is 65.6 Å². The Kier molecular flexibility index (Phi) is 6.35. The number of carbonyl (C=O) groups excluding carboxylic acids is 2. The van der Waals surface area contributed by atoms with Gasteiger partial charge < -0.3 is 21.7 Å². The predicted octanol–water partition coefficient (Wildman–Crippen LogP) is 1.96. The van der Waals surface area contributed by atoms with E-state index in [4.69, 9.17) is 5.73 Å². The van der Waals surface area contributed by atoms with Crippen LogP contribution in [0.4, 0.5) is 27.5 Å². The average Bonchev–Trinajstić information content (AvgIpc) is 2.74. The van der Waals surface area contributed by atoms with Crippen molar-refractivity contribution < 1.29 is 22.4 Å². The number of carbonyl (C=O) groups is 2. The summed E-state index contributed by atoms with van der Waals surface area (Å²) in [6.07, 6.45) is 2.15. The van der Waals surface area contributed by atoms with Crippen molar-refractivity contribution in [2.24, 2.45) is 5.73 Å². The minimum atomic E-state index is -3.59. The smallest absolute Gasteiger partial charge is 0.254 e. The van der Waals surface area contributed by atoms with E-state index in [-0.39, 0.29) is 39.2 Å². The van der Waals surface area contributed by atoms with E-state index in [2.05, 4.69) is 25.9 Å². The summed E-state index contributed by atoms with van der Waals surface area (Å²) >= 11 is 0. The fourth-order valence-electron chi connectivity index (χ4n) is 2.77. The Labute approximate surface area is 183 Å². The van der Waals surface area contributed by atoms with Gasteiger partial charge in [-0.25, -0.2) is 17.8 Å². The van der Waals surface area contributed by atoms with Gasteiger partial charge in [0.05, 0.1) is 16.3 Å². The Hall–Kier alpha value is -4.06. The number of benzene rings is 2. The van der Waals surface area contributed by atoms with Gasteiger partial charge in [0.15, 0.2) is 9.84 Å². The summed E-state index contributed by atoms with van der Waals surface area (Å²) in [6, 6.07) is 9.71. The van der Waals surface area contributed by atoms with Gasteiger partial charge in [-0.3, -0.25) is 9.59 Å². The molecule has 0 radical (unpaired) electrons. The van der Waals surface area contributed by atoms with Gasteiger partial charge in [0.2, 0.25) is 5.95 Å². The minimum Gasteiger partial charge on any atom is -0.365 e. The number of nitrogens with zero attached hydrogens (tertiary/aromatic N) is 2. The van der Waals surface area contributed by atoms with E-state index in [1.807, 2.05) is 0 Å². The maximum Gasteiger partial charge on any atom is 0.254 e. The van der Waals surface area contributed by atoms with E-state index < -0.39 is 27.5 Å². The van der Waals surface area contributed by atoms with Gasteiger partial charge in [-0.15, -0.1) is 0 Å². The number of halogens is 1. The van der Waals surface area contributed by atoms with Crippen molar-refractivity contribution in [1.82, 2.24) is 15.3 Å². The first-order valence-electron chi connectivity index (χ1n) is 9.11. The van der Waals surface area contributed by atoms with Crippen LogP contribution < -0.4 is 21.7 Å². The maximum absolute atomic E-state index is 14.3. The number of nitrogens with two attached hydrogens (primary N) is 1. The van der Waals surface area contributed by atoms with Crippen LogP contribution in [0.5, 0.6) is 0 Å². The molecule has 0 aliphatic rings. The van der Waals surface area contributed by atoms with E-state index in [1.165, 1.54) is 31.3 Å². The maximum atomic E-state index is 14.3. The highest BCUT2D eigenvalue weighted by Crippen LogP contribution is 2.27. The Morgan fingerprint density at radius 2 is 1.78 bits per heavy atom. The molecule has 0 saturated carbocycles. The summed E-state index contributed by atoms with van der Waals surface area (Å²) in [5.74, 6) is -2.16. The zero-order valence-corrected chi connectivity index (χ0v) is 17.8. The van der Waals surface area contributed by atoms with E-state index in [9.17, 15) is 22.4 Å². The van der Waals surface area contributed by atoms with Crippen molar-refractivity contribution in [1.29, 1.82) is 0 Å². The molecule has 32 heavy (non-hydrogen) atoms. The number of para-hydroxylation sites is 1. The molecule has 0 saturated heterocycles. The van der Waals surface area contributed by atoms with Crippen molar-refractivity contribution in [2.75, 3.05) is 23.9 Å². The lowest BCUT2D eigenvalue weighted by atomic mass is 10.2. The Morgan fingerprint density at radius 3 is 2.44 bits per heavy atom. The highest BCUT2D eigenvalue weighted by Gasteiger charge is 2.18. The van der Waals surface area contributed by atoms with Crippen LogP contribution in [0, 0.1) is 5.82 Å². The molecule has 2 aromatic carbocycles. The molecule has 12 heteroatoms. The molecule has 5 N–H and O–H groups in total. The minimum absolute atomic E-state index is 0.0205. The van der Waals surface area contributed by atoms with Gasteiger partial charge in [-0.05, 0) is 30.3 Å². The molecule has 10 nitrogen and oxygen atoms in total. The zero-order valence-electron chi connectivity index (χ0n) is 17.0. The van der Waals surface area contributed by atoms with Gasteiger partial charge in [-0.1, -0.05) is 12.1 Å². The van der Waals surface area contributed by atoms with Crippen LogP contribution in [0.3, 0.4) is 0 Å². The molecule has 0 aliphatic carbocycles. The van der Waals surface area contributed by atoms with Gasteiger partial charge in [0.25, 0.3) is 11.8 Å². The average molecular weight is 458 g/mol. The number of nitrogens with one attached hydrogen (secondary N) is 3. The van der Waals surface area contributed by atoms with E-state index in [1.54, 1.807) is 12.1 Å². The lowest BCUT2D eigenvalue weighted by Gasteiger charge is -2.14. The normalized spacial score (nSPS) is 11.0. The number of anilines is 4. The van der Waals surface area contributed by atoms with Gasteiger partial charge in [0.1, 0.15) is 17.2 Å². The third-order valence-electron chi connectivity index (χ3n) is 4.30. The van der Waals surface area contributed by atoms with E-state index in [0.29, 0.717) is 0 Å². The van der Waals surface area contributed by atoms with Crippen LogP contribution in [0.2, 0.25) is 0 Å². The molecule has 0 spiro atoms. The summed E-state index contributed by atoms with van der Waals surface area (Å²) in [6.45, 7) is 0. The summed E-state index contributed by atoms with van der Waals surface area (Å²) < 4.78 is 38.4. The number of sulfone groups is 1. The molecule has 0 unspecified atom stereocenters. The third-order valence-corrected chi connectivity index (χ3v) is 5.45. The van der Waals surface area contributed by atoms with Crippen LogP contribution in [0.1, 0.15) is 20.7 Å². The van der Waals surface area contributed by atoms with Crippen LogP contribution in [0.25, 0.3) is 0 Å². The lowest BCUT2D eigenvalue weighted by molar-refractivity contribution is 0.0961. The number of aromatic nitrogens is 2. The highest BCUT2D eigenvalue weighted by atomic mass is 32.2. The second-order valence-electron chi connectivity index (χ2n) is 6.61. The Morgan fingerprint density at radius 1 is 1.06 bits per heavy atom. The molecular formula is C20H19FN6O4S. The quantitative estimate of drug-likeness (QED) is 0.419. The third kappa shape index (κ3) is 4.98. The van der Waals surface area contributed by atoms with E-state index >= 15 is 0 Å². The molecule has 0 aliphatic heterocycles. The zero-order chi connectivity index (χ0) is 23.5. The second-order valence-corrected chi connectivity index (χ2v) is 8.60. The molecule has 3 rings (SSSR count). The molecule has 0 fully saturated rings. The molecule has 0 bridgehead atoms. The molecular weight excluding hydrogens is 439 g/mol. The highest BCUT2D eigenvalue weighted by molar-refractivity contribution is 7.90. The number of hydrogen-bond donors (Lipinski definition) is 4. The summed E-state index contributed by atoms with van der Waals surface area (Å²) in [5.41, 5.74) is 5.55. The van der Waals surface area contributed by atoms with Crippen LogP contribution in [-0.2, 0) is 9.84 Å². The second kappa shape index (κ2) is 8.98. The SMILES string of the molecule is CNC(=O)c1ccc(F)c(Nc2ncc(C(N)=O)c(Nc3ccccc3S(C)(=O)=O)n2)c1. The number of primary amides is 1. The number of hydrogen-bond acceptors (Lipinski definition) is 8. The number of amides is 2. The first-order chi connectivity index (χ1) is 15.1. The standard InChI is InChI=1S/C20H19FN6O4S/c1-23-19(29)11-7-8-13(21)15(9-11)26-20-24-10-12(17(22)28)18(27-20)25-14-5-3-4-6-16(14)32(2,30)31/h3-10H,1-2H3,(H2,22,28)(H,23,29)(H2,24,25,26,27). The summed E-state index contributed by atoms with van der Waals surface area (Å²) in [5, 5.41) is 7.86. The Bertz CT molecular complexity index is 1310. The van der Waals surface area contributed by atoms with Gasteiger partial charge >= 0.3 is 0 Å². The van der Waals surface area contributed by atoms with Crippen molar-refractivity contribution in [3.63, 3.8) is 0 Å². The molecule has 166 valence electrons. The fraction of sp³-hybridized carbons (Fsp3) is 0.100. The fourth-order valence-corrected chi connectivity index (χ4v) is 3.61. The van der Waals surface area contributed by atoms with Gasteiger partial charge in [0, 0.05) is 25.1 Å². The van der Waals surface area contributed by atoms with Crippen molar-refractivity contribution in [3.8, 4) is 0 Å². The van der Waals surface area contributed by atoms with Crippen LogP contribution >= 0.6 is 0 Å². The summed E-state index contributed by atoms with van der Waals surface area (Å²) in [7, 11) is -2.15. The number of rotatable bonds is 7. The van der Waals surface area contributed by atoms with Crippen molar-refractivity contribution >= 4 is 44.8 Å². The summed E-state index contributed by atoms with van der Waals surface area (Å²) in [4.78, 5) is 31.7. The molecule has 0 atom stereocenters. The van der Waals surface area contributed by atoms with Crippen molar-refractivity contribution in [2.45, 2.75) is 4.90 Å². The van der Waals surface area contributed by atoms with Gasteiger partial charge in [-0.2, -0.15) is 4.98 Å². The lowest BCUT2D eigenvalue weighted by Crippen LogP contribution is -2.18.